The number of rotatable bonds is 6. The van der Waals surface area contributed by atoms with Crippen LogP contribution in [0.15, 0.2) is 17.0 Å². The number of carbonyl (C=O) groups is 2. The number of non-ortho nitro benzene ring substituents is 1. The molecule has 9 heteroatoms. The molecule has 0 aliphatic rings. The Bertz CT molecular complexity index is 845. The summed E-state index contributed by atoms with van der Waals surface area (Å²) >= 11 is 2.53. The fourth-order valence-electron chi connectivity index (χ4n) is 2.18. The molecule has 0 fully saturated rings. The van der Waals surface area contributed by atoms with Crippen LogP contribution in [-0.4, -0.2) is 29.7 Å². The van der Waals surface area contributed by atoms with Gasteiger partial charge in [0.15, 0.2) is 0 Å². The third kappa shape index (κ3) is 4.29. The van der Waals surface area contributed by atoms with Gasteiger partial charge in [0.1, 0.15) is 4.88 Å². The monoisotopic (exact) mass is 382 g/mol. The smallest absolute Gasteiger partial charge is 0.350 e. The van der Waals surface area contributed by atoms with Crippen LogP contribution in [0.1, 0.15) is 30.4 Å². The van der Waals surface area contributed by atoms with Crippen LogP contribution in [0.4, 0.5) is 11.4 Å². The molecule has 1 amide bonds. The van der Waals surface area contributed by atoms with Crippen molar-refractivity contribution in [2.75, 3.05) is 18.2 Å². The van der Waals surface area contributed by atoms with E-state index in [0.717, 1.165) is 17.1 Å². The van der Waals surface area contributed by atoms with E-state index in [1.54, 1.807) is 0 Å². The maximum absolute atomic E-state index is 12.1. The Hall–Kier alpha value is -2.13. The van der Waals surface area contributed by atoms with Crippen molar-refractivity contribution in [1.29, 1.82) is 0 Å². The van der Waals surface area contributed by atoms with E-state index >= 15 is 0 Å². The van der Waals surface area contributed by atoms with Gasteiger partial charge in [0.05, 0.1) is 17.7 Å². The van der Waals surface area contributed by atoms with Gasteiger partial charge in [0.25, 0.3) is 5.69 Å². The molecule has 0 saturated heterocycles. The second kappa shape index (κ2) is 7.83. The van der Waals surface area contributed by atoms with E-state index in [-0.39, 0.29) is 16.5 Å². The summed E-state index contributed by atoms with van der Waals surface area (Å²) in [7, 11) is 1.25. The lowest BCUT2D eigenvalue weighted by Crippen LogP contribution is -2.10. The van der Waals surface area contributed by atoms with Gasteiger partial charge >= 0.3 is 5.97 Å². The first-order valence-electron chi connectivity index (χ1n) is 7.48. The summed E-state index contributed by atoms with van der Waals surface area (Å²) < 4.78 is 5.34. The predicted molar refractivity (Wildman–Crippen MR) is 99.7 cm³/mol. The summed E-state index contributed by atoms with van der Waals surface area (Å²) in [5.74, 6) is 0.205. The van der Waals surface area contributed by atoms with E-state index in [4.69, 9.17) is 4.74 Å². The third-order valence-electron chi connectivity index (χ3n) is 3.19. The van der Waals surface area contributed by atoms with E-state index in [9.17, 15) is 19.7 Å². The number of benzene rings is 1. The lowest BCUT2D eigenvalue weighted by molar-refractivity contribution is -0.384. The highest BCUT2D eigenvalue weighted by Gasteiger charge is 2.25. The molecule has 0 radical (unpaired) electrons. The molecule has 0 unspecified atom stereocenters. The fraction of sp³-hybridized carbons (Fsp3) is 0.375. The minimum absolute atomic E-state index is 0.0502. The number of hydrogen-bond acceptors (Lipinski definition) is 7. The molecule has 1 N–H and O–H groups in total. The van der Waals surface area contributed by atoms with Gasteiger partial charge in [-0.1, -0.05) is 13.8 Å². The number of thiophene rings is 1. The number of nitrogens with one attached hydrogen (secondary N) is 1. The highest BCUT2D eigenvalue weighted by atomic mass is 32.2. The number of fused-ring (bicyclic) bond motifs is 1. The fourth-order valence-corrected chi connectivity index (χ4v) is 4.46. The number of esters is 1. The minimum atomic E-state index is -0.590. The molecule has 1 heterocycles. The van der Waals surface area contributed by atoms with Crippen LogP contribution >= 0.6 is 23.1 Å². The molecule has 1 aromatic carbocycles. The molecule has 1 aromatic heterocycles. The highest BCUT2D eigenvalue weighted by molar-refractivity contribution is 7.99. The standard InChI is InChI=1S/C16H18N2O5S2/c1-8(2)7-24-11-5-10(18(21)22)6-12-13(11)14(17-9(3)19)15(25-12)16(20)23-4/h5-6,8H,7H2,1-4H3,(H,17,19). The Kier molecular flexibility index (Phi) is 6.02. The summed E-state index contributed by atoms with van der Waals surface area (Å²) in [5.41, 5.74) is 0.298. The van der Waals surface area contributed by atoms with Crippen molar-refractivity contribution < 1.29 is 19.2 Å². The predicted octanol–water partition coefficient (Wildman–Crippen LogP) is 4.30. The number of methoxy groups -OCH3 is 1. The van der Waals surface area contributed by atoms with Crippen LogP contribution in [0, 0.1) is 16.0 Å². The van der Waals surface area contributed by atoms with Gasteiger partial charge in [0.2, 0.25) is 5.91 Å². The molecule has 0 spiro atoms. The Balaban J connectivity index is 2.75. The minimum Gasteiger partial charge on any atom is -0.465 e. The Morgan fingerprint density at radius 1 is 1.40 bits per heavy atom. The van der Waals surface area contributed by atoms with Crippen molar-refractivity contribution in [3.05, 3.63) is 27.1 Å². The van der Waals surface area contributed by atoms with Crippen molar-refractivity contribution in [2.24, 2.45) is 5.92 Å². The number of ether oxygens (including phenoxy) is 1. The number of anilines is 1. The van der Waals surface area contributed by atoms with Crippen molar-refractivity contribution in [3.63, 3.8) is 0 Å². The molecule has 0 aliphatic carbocycles. The summed E-state index contributed by atoms with van der Waals surface area (Å²) in [6.45, 7) is 5.43. The second-order valence-corrected chi connectivity index (χ2v) is 7.87. The number of nitro groups is 1. The Morgan fingerprint density at radius 3 is 2.60 bits per heavy atom. The Morgan fingerprint density at radius 2 is 2.08 bits per heavy atom. The number of carbonyl (C=O) groups excluding carboxylic acids is 2. The van der Waals surface area contributed by atoms with Crippen LogP contribution in [0.5, 0.6) is 0 Å². The molecule has 2 rings (SSSR count). The third-order valence-corrected chi connectivity index (χ3v) is 5.78. The zero-order valence-corrected chi connectivity index (χ0v) is 15.9. The van der Waals surface area contributed by atoms with Crippen molar-refractivity contribution in [1.82, 2.24) is 0 Å². The number of amides is 1. The van der Waals surface area contributed by atoms with Crippen molar-refractivity contribution in [3.8, 4) is 0 Å². The summed E-state index contributed by atoms with van der Waals surface area (Å²) in [4.78, 5) is 35.3. The molecular formula is C16H18N2O5S2. The first-order chi connectivity index (χ1) is 11.7. The first kappa shape index (κ1) is 19.2. The average molecular weight is 382 g/mol. The number of hydrogen-bond donors (Lipinski definition) is 1. The van der Waals surface area contributed by atoms with E-state index in [0.29, 0.717) is 26.6 Å². The summed E-state index contributed by atoms with van der Waals surface area (Å²) in [6.07, 6.45) is 0. The van der Waals surface area contributed by atoms with Gasteiger partial charge < -0.3 is 10.1 Å². The number of nitro benzene ring substituents is 1. The lowest BCUT2D eigenvalue weighted by Gasteiger charge is -2.09. The first-order valence-corrected chi connectivity index (χ1v) is 9.28. The average Bonchev–Trinajstić information content (AvgIpc) is 2.89. The van der Waals surface area contributed by atoms with Crippen LogP contribution in [0.3, 0.4) is 0 Å². The normalized spacial score (nSPS) is 10.9. The maximum atomic E-state index is 12.1. The zero-order valence-electron chi connectivity index (χ0n) is 14.2. The molecule has 25 heavy (non-hydrogen) atoms. The largest absolute Gasteiger partial charge is 0.465 e. The topological polar surface area (TPSA) is 98.5 Å². The van der Waals surface area contributed by atoms with Gasteiger partial charge in [-0.25, -0.2) is 4.79 Å². The van der Waals surface area contributed by atoms with Crippen LogP contribution in [-0.2, 0) is 9.53 Å². The second-order valence-electron chi connectivity index (χ2n) is 5.76. The molecular weight excluding hydrogens is 364 g/mol. The Labute approximate surface area is 152 Å². The molecule has 0 saturated carbocycles. The molecule has 2 aromatic rings. The number of thioether (sulfide) groups is 1. The molecule has 0 bridgehead atoms. The van der Waals surface area contributed by atoms with E-state index in [1.807, 2.05) is 13.8 Å². The SMILES string of the molecule is COC(=O)c1sc2cc([N+](=O)[O-])cc(SCC(C)C)c2c1NC(C)=O. The summed E-state index contributed by atoms with van der Waals surface area (Å²) in [5, 5.41) is 14.5. The van der Waals surface area contributed by atoms with Gasteiger partial charge in [-0.2, -0.15) is 0 Å². The van der Waals surface area contributed by atoms with Gasteiger partial charge in [-0.05, 0) is 5.92 Å². The maximum Gasteiger partial charge on any atom is 0.350 e. The number of nitrogens with zero attached hydrogens (tertiary/aromatic N) is 1. The van der Waals surface area contributed by atoms with Gasteiger partial charge in [-0.3, -0.25) is 14.9 Å². The van der Waals surface area contributed by atoms with E-state index in [1.165, 1.54) is 37.9 Å². The molecule has 134 valence electrons. The molecule has 0 atom stereocenters. The van der Waals surface area contributed by atoms with Crippen molar-refractivity contribution in [2.45, 2.75) is 25.7 Å². The summed E-state index contributed by atoms with van der Waals surface area (Å²) in [6, 6.07) is 2.89. The zero-order chi connectivity index (χ0) is 18.7. The van der Waals surface area contributed by atoms with Crippen LogP contribution < -0.4 is 5.32 Å². The quantitative estimate of drug-likeness (QED) is 0.346. The lowest BCUT2D eigenvalue weighted by atomic mass is 10.2. The van der Waals surface area contributed by atoms with Crippen molar-refractivity contribution >= 4 is 56.4 Å². The van der Waals surface area contributed by atoms with Crippen LogP contribution in [0.25, 0.3) is 10.1 Å². The van der Waals surface area contributed by atoms with E-state index < -0.39 is 10.9 Å². The molecule has 7 nitrogen and oxygen atoms in total. The van der Waals surface area contributed by atoms with E-state index in [2.05, 4.69) is 5.32 Å². The highest BCUT2D eigenvalue weighted by Crippen LogP contribution is 2.44. The van der Waals surface area contributed by atoms with Gasteiger partial charge in [-0.15, -0.1) is 23.1 Å². The molecule has 0 aliphatic heterocycles. The van der Waals surface area contributed by atoms with Crippen LogP contribution in [0.2, 0.25) is 0 Å². The van der Waals surface area contributed by atoms with Gasteiger partial charge in [0, 0.05) is 39.8 Å².